The number of amides is 1. The number of hydrogen-bond acceptors (Lipinski definition) is 2. The van der Waals surface area contributed by atoms with Gasteiger partial charge in [-0.05, 0) is 42.6 Å². The molecule has 1 aliphatic rings. The number of carbonyl (C=O) groups is 1. The molecule has 0 unspecified atom stereocenters. The van der Waals surface area contributed by atoms with Gasteiger partial charge in [0.1, 0.15) is 0 Å². The number of carbonyl (C=O) groups excluding carboxylic acids is 1. The minimum atomic E-state index is 0.0719. The molecule has 0 bridgehead atoms. The Bertz CT molecular complexity index is 648. The number of rotatable bonds is 6. The Morgan fingerprint density at radius 2 is 1.58 bits per heavy atom. The van der Waals surface area contributed by atoms with Crippen molar-refractivity contribution in [3.8, 4) is 0 Å². The van der Waals surface area contributed by atoms with Crippen molar-refractivity contribution in [1.29, 1.82) is 0 Å². The molecule has 1 saturated heterocycles. The molecule has 0 radical (unpaired) electrons. The maximum Gasteiger partial charge on any atom is 0.224 e. The summed E-state index contributed by atoms with van der Waals surface area (Å²) >= 11 is 0. The Kier molecular flexibility index (Phi) is 6.02. The fraction of sp³-hybridized carbons (Fsp3) is 0.381. The first-order valence-corrected chi connectivity index (χ1v) is 8.90. The van der Waals surface area contributed by atoms with Crippen molar-refractivity contribution in [1.82, 2.24) is 10.2 Å². The second-order valence-electron chi connectivity index (χ2n) is 6.60. The van der Waals surface area contributed by atoms with Gasteiger partial charge in [0.25, 0.3) is 0 Å². The molecule has 1 aliphatic heterocycles. The normalized spacial score (nSPS) is 15.2. The highest BCUT2D eigenvalue weighted by Crippen LogP contribution is 2.14. The lowest BCUT2D eigenvalue weighted by Crippen LogP contribution is -2.29. The Balaban J connectivity index is 1.49. The summed E-state index contributed by atoms with van der Waals surface area (Å²) < 4.78 is 0. The van der Waals surface area contributed by atoms with Crippen LogP contribution in [0.4, 0.5) is 0 Å². The van der Waals surface area contributed by atoms with Gasteiger partial charge in [-0.2, -0.15) is 0 Å². The van der Waals surface area contributed by atoms with Gasteiger partial charge in [-0.25, -0.2) is 0 Å². The maximum absolute atomic E-state index is 12.1. The smallest absolute Gasteiger partial charge is 0.224 e. The lowest BCUT2D eigenvalue weighted by molar-refractivity contribution is -0.120. The van der Waals surface area contributed by atoms with Crippen LogP contribution < -0.4 is 5.32 Å². The zero-order chi connectivity index (χ0) is 16.6. The van der Waals surface area contributed by atoms with Crippen molar-refractivity contribution in [2.24, 2.45) is 0 Å². The maximum atomic E-state index is 12.1. The molecule has 3 nitrogen and oxygen atoms in total. The van der Waals surface area contributed by atoms with Gasteiger partial charge in [0.05, 0.1) is 6.42 Å². The standard InChI is InChI=1S/C21H26N2O/c24-21(15-18-8-3-1-4-9-18)22-16-19-10-7-11-20(14-19)17-23-12-5-2-6-13-23/h1,3-4,7-11,14H,2,5-6,12-13,15-17H2,(H,22,24). The van der Waals surface area contributed by atoms with E-state index in [0.717, 1.165) is 12.1 Å². The lowest BCUT2D eigenvalue weighted by Gasteiger charge is -2.26. The van der Waals surface area contributed by atoms with Crippen LogP contribution >= 0.6 is 0 Å². The molecule has 3 heteroatoms. The Morgan fingerprint density at radius 3 is 2.38 bits per heavy atom. The Hall–Kier alpha value is -2.13. The summed E-state index contributed by atoms with van der Waals surface area (Å²) in [6, 6.07) is 18.5. The van der Waals surface area contributed by atoms with Crippen LogP contribution in [0.1, 0.15) is 36.0 Å². The molecule has 0 spiro atoms. The van der Waals surface area contributed by atoms with Crippen LogP contribution in [0.15, 0.2) is 54.6 Å². The molecule has 1 N–H and O–H groups in total. The van der Waals surface area contributed by atoms with Crippen molar-refractivity contribution in [3.63, 3.8) is 0 Å². The highest BCUT2D eigenvalue weighted by Gasteiger charge is 2.10. The fourth-order valence-electron chi connectivity index (χ4n) is 3.26. The lowest BCUT2D eigenvalue weighted by atomic mass is 10.1. The Morgan fingerprint density at radius 1 is 0.875 bits per heavy atom. The average Bonchev–Trinajstić information content (AvgIpc) is 2.62. The summed E-state index contributed by atoms with van der Waals surface area (Å²) in [4.78, 5) is 14.6. The summed E-state index contributed by atoms with van der Waals surface area (Å²) in [5, 5.41) is 3.03. The predicted octanol–water partition coefficient (Wildman–Crippen LogP) is 3.53. The van der Waals surface area contributed by atoms with Crippen LogP contribution in [0.25, 0.3) is 0 Å². The van der Waals surface area contributed by atoms with E-state index in [1.165, 1.54) is 43.5 Å². The quantitative estimate of drug-likeness (QED) is 0.882. The van der Waals surface area contributed by atoms with Gasteiger partial charge in [-0.1, -0.05) is 61.0 Å². The van der Waals surface area contributed by atoms with Gasteiger partial charge < -0.3 is 5.32 Å². The Labute approximate surface area is 144 Å². The van der Waals surface area contributed by atoms with Crippen LogP contribution in [-0.4, -0.2) is 23.9 Å². The molecule has 0 aromatic heterocycles. The molecule has 1 amide bonds. The van der Waals surface area contributed by atoms with Crippen LogP contribution in [-0.2, 0) is 24.3 Å². The van der Waals surface area contributed by atoms with Gasteiger partial charge in [-0.3, -0.25) is 9.69 Å². The SMILES string of the molecule is O=C(Cc1ccccc1)NCc1cccc(CN2CCCCC2)c1. The third kappa shape index (κ3) is 5.20. The molecule has 126 valence electrons. The van der Waals surface area contributed by atoms with Crippen LogP contribution in [0.5, 0.6) is 0 Å². The minimum absolute atomic E-state index is 0.0719. The summed E-state index contributed by atoms with van der Waals surface area (Å²) in [5.41, 5.74) is 3.56. The second-order valence-corrected chi connectivity index (χ2v) is 6.60. The zero-order valence-electron chi connectivity index (χ0n) is 14.2. The summed E-state index contributed by atoms with van der Waals surface area (Å²) in [7, 11) is 0. The molecule has 0 saturated carbocycles. The highest BCUT2D eigenvalue weighted by atomic mass is 16.1. The third-order valence-corrected chi connectivity index (χ3v) is 4.54. The van der Waals surface area contributed by atoms with Crippen molar-refractivity contribution >= 4 is 5.91 Å². The summed E-state index contributed by atoms with van der Waals surface area (Å²) in [6.07, 6.45) is 4.43. The molecular weight excluding hydrogens is 296 g/mol. The van der Waals surface area contributed by atoms with Crippen LogP contribution in [0, 0.1) is 0 Å². The zero-order valence-corrected chi connectivity index (χ0v) is 14.2. The van der Waals surface area contributed by atoms with Gasteiger partial charge in [0.2, 0.25) is 5.91 Å². The first kappa shape index (κ1) is 16.7. The number of piperidine rings is 1. The highest BCUT2D eigenvalue weighted by molar-refractivity contribution is 5.78. The monoisotopic (exact) mass is 322 g/mol. The van der Waals surface area contributed by atoms with Crippen molar-refractivity contribution < 1.29 is 4.79 Å². The average molecular weight is 322 g/mol. The first-order chi connectivity index (χ1) is 11.8. The number of hydrogen-bond donors (Lipinski definition) is 1. The molecule has 0 aliphatic carbocycles. The van der Waals surface area contributed by atoms with E-state index < -0.39 is 0 Å². The van der Waals surface area contributed by atoms with E-state index in [-0.39, 0.29) is 5.91 Å². The van der Waals surface area contributed by atoms with E-state index in [2.05, 4.69) is 34.5 Å². The number of benzene rings is 2. The molecule has 2 aromatic carbocycles. The number of likely N-dealkylation sites (tertiary alicyclic amines) is 1. The molecule has 3 rings (SSSR count). The summed E-state index contributed by atoms with van der Waals surface area (Å²) in [5.74, 6) is 0.0719. The van der Waals surface area contributed by atoms with E-state index in [1.807, 2.05) is 30.3 Å². The van der Waals surface area contributed by atoms with E-state index in [0.29, 0.717) is 13.0 Å². The third-order valence-electron chi connectivity index (χ3n) is 4.54. The molecule has 24 heavy (non-hydrogen) atoms. The minimum Gasteiger partial charge on any atom is -0.352 e. The van der Waals surface area contributed by atoms with Gasteiger partial charge in [-0.15, -0.1) is 0 Å². The topological polar surface area (TPSA) is 32.3 Å². The second kappa shape index (κ2) is 8.65. The molecule has 1 fully saturated rings. The van der Waals surface area contributed by atoms with Crippen LogP contribution in [0.3, 0.4) is 0 Å². The van der Waals surface area contributed by atoms with E-state index in [4.69, 9.17) is 0 Å². The number of nitrogens with zero attached hydrogens (tertiary/aromatic N) is 1. The predicted molar refractivity (Wildman–Crippen MR) is 97.6 cm³/mol. The van der Waals surface area contributed by atoms with E-state index >= 15 is 0 Å². The van der Waals surface area contributed by atoms with E-state index in [1.54, 1.807) is 0 Å². The molecule has 0 atom stereocenters. The van der Waals surface area contributed by atoms with Gasteiger partial charge >= 0.3 is 0 Å². The fourth-order valence-corrected chi connectivity index (χ4v) is 3.26. The van der Waals surface area contributed by atoms with E-state index in [9.17, 15) is 4.79 Å². The number of nitrogens with one attached hydrogen (secondary N) is 1. The van der Waals surface area contributed by atoms with Crippen molar-refractivity contribution in [2.45, 2.75) is 38.8 Å². The largest absolute Gasteiger partial charge is 0.352 e. The molecular formula is C21H26N2O. The molecule has 1 heterocycles. The van der Waals surface area contributed by atoms with Gasteiger partial charge in [0, 0.05) is 13.1 Å². The first-order valence-electron chi connectivity index (χ1n) is 8.90. The molecule has 2 aromatic rings. The van der Waals surface area contributed by atoms with Gasteiger partial charge in [0.15, 0.2) is 0 Å². The van der Waals surface area contributed by atoms with Crippen molar-refractivity contribution in [3.05, 3.63) is 71.3 Å². The van der Waals surface area contributed by atoms with Crippen LogP contribution in [0.2, 0.25) is 0 Å². The summed E-state index contributed by atoms with van der Waals surface area (Å²) in [6.45, 7) is 4.03. The van der Waals surface area contributed by atoms with Crippen molar-refractivity contribution in [2.75, 3.05) is 13.1 Å².